The maximum Gasteiger partial charge on any atom is 0.271 e. The predicted octanol–water partition coefficient (Wildman–Crippen LogP) is 3.70. The number of nitro groups is 1. The van der Waals surface area contributed by atoms with Gasteiger partial charge in [-0.3, -0.25) is 19.2 Å². The normalized spacial score (nSPS) is 10.9. The molecular formula is C23H23N3O8S. The molecule has 11 nitrogen and oxygen atoms in total. The number of sulfonamides is 1. The molecule has 1 amide bonds. The highest BCUT2D eigenvalue weighted by atomic mass is 32.2. The average molecular weight is 502 g/mol. The fraction of sp³-hybridized carbons (Fsp3) is 0.174. The maximum atomic E-state index is 13.1. The molecule has 0 saturated carbocycles. The highest BCUT2D eigenvalue weighted by Gasteiger charge is 2.23. The summed E-state index contributed by atoms with van der Waals surface area (Å²) in [5.41, 5.74) is 0.436. The number of ether oxygens (including phenoxy) is 3. The van der Waals surface area contributed by atoms with Gasteiger partial charge >= 0.3 is 0 Å². The monoisotopic (exact) mass is 501 g/mol. The zero-order chi connectivity index (χ0) is 25.8. The Labute approximate surface area is 202 Å². The third-order valence-corrected chi connectivity index (χ3v) is 6.93. The number of benzene rings is 3. The van der Waals surface area contributed by atoms with Crippen molar-refractivity contribution in [1.82, 2.24) is 0 Å². The molecule has 0 aliphatic rings. The third-order valence-electron chi connectivity index (χ3n) is 5.15. The first-order chi connectivity index (χ1) is 16.6. The second kappa shape index (κ2) is 10.3. The average Bonchev–Trinajstić information content (AvgIpc) is 2.87. The number of carbonyl (C=O) groups is 1. The van der Waals surface area contributed by atoms with Crippen molar-refractivity contribution in [3.05, 3.63) is 76.3 Å². The van der Waals surface area contributed by atoms with Crippen molar-refractivity contribution in [2.75, 3.05) is 38.0 Å². The van der Waals surface area contributed by atoms with Gasteiger partial charge in [0.1, 0.15) is 5.75 Å². The van der Waals surface area contributed by atoms with E-state index >= 15 is 0 Å². The van der Waals surface area contributed by atoms with Crippen LogP contribution in [0.25, 0.3) is 0 Å². The highest BCUT2D eigenvalue weighted by molar-refractivity contribution is 7.92. The van der Waals surface area contributed by atoms with Crippen molar-refractivity contribution >= 4 is 33.0 Å². The van der Waals surface area contributed by atoms with Crippen LogP contribution in [0.1, 0.15) is 10.4 Å². The summed E-state index contributed by atoms with van der Waals surface area (Å²) in [6.07, 6.45) is 0. The first-order valence-electron chi connectivity index (χ1n) is 10.1. The molecular weight excluding hydrogens is 478 g/mol. The minimum Gasteiger partial charge on any atom is -0.495 e. The molecule has 0 saturated heterocycles. The van der Waals surface area contributed by atoms with Crippen molar-refractivity contribution in [3.8, 4) is 17.2 Å². The number of non-ortho nitro benzene ring substituents is 1. The molecule has 0 heterocycles. The lowest BCUT2D eigenvalue weighted by molar-refractivity contribution is -0.384. The summed E-state index contributed by atoms with van der Waals surface area (Å²) in [4.78, 5) is 23.2. The van der Waals surface area contributed by atoms with Crippen LogP contribution >= 0.6 is 0 Å². The lowest BCUT2D eigenvalue weighted by atomic mass is 10.2. The largest absolute Gasteiger partial charge is 0.495 e. The molecule has 12 heteroatoms. The van der Waals surface area contributed by atoms with Crippen LogP contribution < -0.4 is 23.8 Å². The van der Waals surface area contributed by atoms with Crippen molar-refractivity contribution in [2.24, 2.45) is 0 Å². The van der Waals surface area contributed by atoms with E-state index in [-0.39, 0.29) is 33.3 Å². The minimum atomic E-state index is -3.94. The van der Waals surface area contributed by atoms with Crippen LogP contribution in [0.4, 0.5) is 17.1 Å². The Kier molecular flexibility index (Phi) is 7.45. The third kappa shape index (κ3) is 5.27. The molecule has 0 bridgehead atoms. The molecule has 3 rings (SSSR count). The number of amides is 1. The van der Waals surface area contributed by atoms with Crippen LogP contribution in [0, 0.1) is 10.1 Å². The smallest absolute Gasteiger partial charge is 0.271 e. The topological polar surface area (TPSA) is 137 Å². The Morgan fingerprint density at radius 2 is 1.49 bits per heavy atom. The van der Waals surface area contributed by atoms with E-state index in [4.69, 9.17) is 14.2 Å². The number of methoxy groups -OCH3 is 3. The lowest BCUT2D eigenvalue weighted by Gasteiger charge is -2.20. The Bertz CT molecular complexity index is 1360. The summed E-state index contributed by atoms with van der Waals surface area (Å²) >= 11 is 0. The minimum absolute atomic E-state index is 0.00256. The fourth-order valence-corrected chi connectivity index (χ4v) is 4.41. The number of rotatable bonds is 9. The number of nitrogens with zero attached hydrogens (tertiary/aromatic N) is 2. The Hall–Kier alpha value is -4.32. The second-order valence-electron chi connectivity index (χ2n) is 7.13. The first-order valence-corrected chi connectivity index (χ1v) is 11.5. The molecule has 0 aliphatic heterocycles. The van der Waals surface area contributed by atoms with E-state index in [2.05, 4.69) is 5.32 Å². The fourth-order valence-electron chi connectivity index (χ4n) is 3.20. The van der Waals surface area contributed by atoms with E-state index in [1.165, 1.54) is 89.0 Å². The van der Waals surface area contributed by atoms with Crippen molar-refractivity contribution in [2.45, 2.75) is 4.90 Å². The van der Waals surface area contributed by atoms with Crippen molar-refractivity contribution < 1.29 is 32.3 Å². The lowest BCUT2D eigenvalue weighted by Crippen LogP contribution is -2.26. The van der Waals surface area contributed by atoms with E-state index < -0.39 is 20.9 Å². The van der Waals surface area contributed by atoms with E-state index in [0.29, 0.717) is 11.4 Å². The SMILES string of the molecule is COc1ccc([N+](=O)[O-])cc1NC(=O)c1ccc(N(C)S(=O)(=O)c2ccc(OC)c(OC)c2)cc1. The Morgan fingerprint density at radius 1 is 0.886 bits per heavy atom. The summed E-state index contributed by atoms with van der Waals surface area (Å²) in [5, 5.41) is 13.6. The van der Waals surface area contributed by atoms with Gasteiger partial charge in [-0.2, -0.15) is 0 Å². The van der Waals surface area contributed by atoms with E-state index in [0.717, 1.165) is 4.31 Å². The quantitative estimate of drug-likeness (QED) is 0.346. The molecule has 0 atom stereocenters. The molecule has 0 unspecified atom stereocenters. The van der Waals surface area contributed by atoms with Gasteiger partial charge in [0.15, 0.2) is 11.5 Å². The van der Waals surface area contributed by atoms with Gasteiger partial charge in [0.25, 0.3) is 21.6 Å². The van der Waals surface area contributed by atoms with Gasteiger partial charge < -0.3 is 19.5 Å². The van der Waals surface area contributed by atoms with E-state index in [9.17, 15) is 23.3 Å². The summed E-state index contributed by atoms with van der Waals surface area (Å²) in [5.74, 6) is 0.359. The zero-order valence-electron chi connectivity index (χ0n) is 19.3. The summed E-state index contributed by atoms with van der Waals surface area (Å²) in [6.45, 7) is 0. The van der Waals surface area contributed by atoms with Gasteiger partial charge in [0, 0.05) is 30.8 Å². The number of nitro benzene ring substituents is 1. The molecule has 3 aromatic carbocycles. The molecule has 184 valence electrons. The van der Waals surface area contributed by atoms with Crippen LogP contribution in [-0.2, 0) is 10.0 Å². The van der Waals surface area contributed by atoms with Gasteiger partial charge in [-0.05, 0) is 42.5 Å². The molecule has 0 aliphatic carbocycles. The molecule has 0 fully saturated rings. The highest BCUT2D eigenvalue weighted by Crippen LogP contribution is 2.32. The zero-order valence-corrected chi connectivity index (χ0v) is 20.2. The van der Waals surface area contributed by atoms with Crippen LogP contribution in [0.2, 0.25) is 0 Å². The molecule has 35 heavy (non-hydrogen) atoms. The van der Waals surface area contributed by atoms with Gasteiger partial charge in [-0.1, -0.05) is 0 Å². The summed E-state index contributed by atoms with van der Waals surface area (Å²) in [7, 11) is 1.68. The number of carbonyl (C=O) groups excluding carboxylic acids is 1. The van der Waals surface area contributed by atoms with Gasteiger partial charge in [-0.25, -0.2) is 8.42 Å². The van der Waals surface area contributed by atoms with Crippen molar-refractivity contribution in [3.63, 3.8) is 0 Å². The predicted molar refractivity (Wildman–Crippen MR) is 129 cm³/mol. The number of hydrogen-bond acceptors (Lipinski definition) is 8. The number of hydrogen-bond donors (Lipinski definition) is 1. The molecule has 0 radical (unpaired) electrons. The van der Waals surface area contributed by atoms with Crippen LogP contribution in [0.3, 0.4) is 0 Å². The van der Waals surface area contributed by atoms with Gasteiger partial charge in [0.2, 0.25) is 0 Å². The summed E-state index contributed by atoms with van der Waals surface area (Å²) < 4.78 is 42.8. The molecule has 0 spiro atoms. The molecule has 0 aromatic heterocycles. The van der Waals surface area contributed by atoms with Gasteiger partial charge in [0.05, 0.1) is 42.5 Å². The standard InChI is InChI=1S/C23H23N3O8S/c1-25(35(30,31)18-10-12-21(33-3)22(14-18)34-4)16-7-5-15(6-8-16)23(27)24-19-13-17(26(28)29)9-11-20(19)32-2/h5-14H,1-4H3,(H,24,27). The number of nitrogens with one attached hydrogen (secondary N) is 1. The van der Waals surface area contributed by atoms with Crippen LogP contribution in [-0.4, -0.2) is 47.6 Å². The van der Waals surface area contributed by atoms with Gasteiger partial charge in [-0.15, -0.1) is 0 Å². The number of anilines is 2. The van der Waals surface area contributed by atoms with E-state index in [1.807, 2.05) is 0 Å². The Balaban J connectivity index is 1.83. The molecule has 3 aromatic rings. The van der Waals surface area contributed by atoms with E-state index in [1.54, 1.807) is 0 Å². The molecule has 1 N–H and O–H groups in total. The maximum absolute atomic E-state index is 13.1. The Morgan fingerprint density at radius 3 is 2.06 bits per heavy atom. The second-order valence-corrected chi connectivity index (χ2v) is 9.10. The summed E-state index contributed by atoms with van der Waals surface area (Å²) in [6, 6.07) is 13.9. The first kappa shape index (κ1) is 25.3. The van der Waals surface area contributed by atoms with Crippen LogP contribution in [0.15, 0.2) is 65.6 Å². The van der Waals surface area contributed by atoms with Crippen molar-refractivity contribution in [1.29, 1.82) is 0 Å². The van der Waals surface area contributed by atoms with Crippen LogP contribution in [0.5, 0.6) is 17.2 Å².